The van der Waals surface area contributed by atoms with Crippen LogP contribution in [0.5, 0.6) is 5.75 Å². The van der Waals surface area contributed by atoms with Gasteiger partial charge in [-0.3, -0.25) is 0 Å². The summed E-state index contributed by atoms with van der Waals surface area (Å²) < 4.78 is 4.25. The van der Waals surface area contributed by atoms with Crippen LogP contribution < -0.4 is 0 Å². The van der Waals surface area contributed by atoms with Gasteiger partial charge in [0, 0.05) is 19.6 Å². The topological polar surface area (TPSA) is 29.5 Å². The van der Waals surface area contributed by atoms with Gasteiger partial charge in [0.05, 0.1) is 0 Å². The molecular formula is C12H14O2. The molecule has 74 valence electrons. The molecule has 0 aliphatic heterocycles. The Hall–Kier alpha value is -1.54. The van der Waals surface area contributed by atoms with Crippen LogP contribution in [-0.2, 0) is 4.74 Å². The number of fused-ring (bicyclic) bond motifs is 1. The van der Waals surface area contributed by atoms with Crippen molar-refractivity contribution in [3.8, 4) is 5.75 Å². The largest absolute Gasteiger partial charge is 0.507 e. The lowest BCUT2D eigenvalue weighted by Gasteiger charge is -1.97. The van der Waals surface area contributed by atoms with Crippen LogP contribution in [0.1, 0.15) is 0 Å². The Kier molecular flexibility index (Phi) is 3.95. The molecule has 0 saturated heterocycles. The molecule has 0 unspecified atom stereocenters. The smallest absolute Gasteiger partial charge is 0.123 e. The minimum Gasteiger partial charge on any atom is -0.507 e. The van der Waals surface area contributed by atoms with Crippen LogP contribution >= 0.6 is 0 Å². The molecule has 2 heteroatoms. The second kappa shape index (κ2) is 5.25. The number of phenolic OH excluding ortho intramolecular Hbond substituents is 1. The van der Waals surface area contributed by atoms with Gasteiger partial charge in [0.1, 0.15) is 5.75 Å². The molecule has 0 amide bonds. The van der Waals surface area contributed by atoms with Crippen molar-refractivity contribution >= 4 is 10.8 Å². The molecule has 0 heterocycles. The summed E-state index contributed by atoms with van der Waals surface area (Å²) in [4.78, 5) is 0. The van der Waals surface area contributed by atoms with Gasteiger partial charge >= 0.3 is 0 Å². The summed E-state index contributed by atoms with van der Waals surface area (Å²) in [5.41, 5.74) is 0. The summed E-state index contributed by atoms with van der Waals surface area (Å²) in [6.45, 7) is 0. The number of rotatable bonds is 0. The molecule has 0 atom stereocenters. The van der Waals surface area contributed by atoms with Gasteiger partial charge in [0.15, 0.2) is 0 Å². The first-order valence-electron chi connectivity index (χ1n) is 4.36. The Morgan fingerprint density at radius 2 is 1.50 bits per heavy atom. The lowest BCUT2D eigenvalue weighted by molar-refractivity contribution is 0.277. The Morgan fingerprint density at radius 1 is 0.929 bits per heavy atom. The molecule has 2 rings (SSSR count). The Bertz CT molecular complexity index is 391. The summed E-state index contributed by atoms with van der Waals surface area (Å²) in [6, 6.07) is 13.3. The fourth-order valence-corrected chi connectivity index (χ4v) is 1.21. The Morgan fingerprint density at radius 3 is 2.14 bits per heavy atom. The van der Waals surface area contributed by atoms with Crippen LogP contribution in [-0.4, -0.2) is 19.3 Å². The van der Waals surface area contributed by atoms with Crippen molar-refractivity contribution in [2.24, 2.45) is 0 Å². The molecule has 2 aromatic carbocycles. The quantitative estimate of drug-likeness (QED) is 0.692. The maximum atomic E-state index is 9.37. The molecule has 0 radical (unpaired) electrons. The van der Waals surface area contributed by atoms with Crippen LogP contribution in [0.2, 0.25) is 0 Å². The lowest BCUT2D eigenvalue weighted by atomic mass is 10.1. The van der Waals surface area contributed by atoms with Crippen molar-refractivity contribution in [1.29, 1.82) is 0 Å². The van der Waals surface area contributed by atoms with E-state index in [0.717, 1.165) is 10.8 Å². The predicted molar refractivity (Wildman–Crippen MR) is 58.5 cm³/mol. The van der Waals surface area contributed by atoms with Crippen LogP contribution in [0, 0.1) is 0 Å². The minimum atomic E-state index is 0.350. The van der Waals surface area contributed by atoms with E-state index in [-0.39, 0.29) is 0 Å². The average Bonchev–Trinajstić information content (AvgIpc) is 2.20. The number of hydrogen-bond donors (Lipinski definition) is 1. The van der Waals surface area contributed by atoms with Gasteiger partial charge in [-0.15, -0.1) is 0 Å². The molecule has 1 N–H and O–H groups in total. The number of ether oxygens (including phenoxy) is 1. The number of hydrogen-bond acceptors (Lipinski definition) is 2. The average molecular weight is 190 g/mol. The SMILES string of the molecule is COC.Oc1cccc2ccccc12. The second-order valence-corrected chi connectivity index (χ2v) is 2.91. The van der Waals surface area contributed by atoms with Gasteiger partial charge < -0.3 is 9.84 Å². The van der Waals surface area contributed by atoms with Gasteiger partial charge in [-0.2, -0.15) is 0 Å². The van der Waals surface area contributed by atoms with E-state index < -0.39 is 0 Å². The highest BCUT2D eigenvalue weighted by atomic mass is 16.4. The van der Waals surface area contributed by atoms with E-state index in [9.17, 15) is 5.11 Å². The molecule has 14 heavy (non-hydrogen) atoms. The van der Waals surface area contributed by atoms with E-state index in [1.54, 1.807) is 20.3 Å². The van der Waals surface area contributed by atoms with Crippen molar-refractivity contribution in [1.82, 2.24) is 0 Å². The fourth-order valence-electron chi connectivity index (χ4n) is 1.21. The zero-order valence-electron chi connectivity index (χ0n) is 8.40. The van der Waals surface area contributed by atoms with Gasteiger partial charge in [-0.25, -0.2) is 0 Å². The maximum Gasteiger partial charge on any atom is 0.123 e. The summed E-state index contributed by atoms with van der Waals surface area (Å²) >= 11 is 0. The molecule has 0 aliphatic rings. The minimum absolute atomic E-state index is 0.350. The van der Waals surface area contributed by atoms with E-state index in [0.29, 0.717) is 5.75 Å². The third-order valence-electron chi connectivity index (χ3n) is 1.77. The first-order valence-corrected chi connectivity index (χ1v) is 4.36. The van der Waals surface area contributed by atoms with Crippen molar-refractivity contribution < 1.29 is 9.84 Å². The van der Waals surface area contributed by atoms with Crippen molar-refractivity contribution in [3.63, 3.8) is 0 Å². The van der Waals surface area contributed by atoms with Crippen LogP contribution in [0.4, 0.5) is 0 Å². The molecule has 0 bridgehead atoms. The first kappa shape index (κ1) is 10.5. The van der Waals surface area contributed by atoms with E-state index in [2.05, 4.69) is 4.74 Å². The molecule has 0 saturated carbocycles. The highest BCUT2D eigenvalue weighted by Crippen LogP contribution is 2.22. The first-order chi connectivity index (χ1) is 6.79. The molecule has 0 aromatic heterocycles. The maximum absolute atomic E-state index is 9.37. The third-order valence-corrected chi connectivity index (χ3v) is 1.77. The van der Waals surface area contributed by atoms with Gasteiger partial charge in [-0.1, -0.05) is 36.4 Å². The second-order valence-electron chi connectivity index (χ2n) is 2.91. The zero-order valence-corrected chi connectivity index (χ0v) is 8.40. The van der Waals surface area contributed by atoms with Crippen molar-refractivity contribution in [2.75, 3.05) is 14.2 Å². The number of methoxy groups -OCH3 is 1. The summed E-state index contributed by atoms with van der Waals surface area (Å²) in [5, 5.41) is 11.4. The van der Waals surface area contributed by atoms with Crippen molar-refractivity contribution in [3.05, 3.63) is 42.5 Å². The highest BCUT2D eigenvalue weighted by Gasteiger charge is 1.94. The highest BCUT2D eigenvalue weighted by molar-refractivity contribution is 5.87. The van der Waals surface area contributed by atoms with Gasteiger partial charge in [0.2, 0.25) is 0 Å². The van der Waals surface area contributed by atoms with Crippen LogP contribution in [0.15, 0.2) is 42.5 Å². The normalized spacial score (nSPS) is 9.29. The van der Waals surface area contributed by atoms with Crippen molar-refractivity contribution in [2.45, 2.75) is 0 Å². The van der Waals surface area contributed by atoms with E-state index in [1.165, 1.54) is 0 Å². The summed E-state index contributed by atoms with van der Waals surface area (Å²) in [7, 11) is 3.25. The van der Waals surface area contributed by atoms with E-state index in [4.69, 9.17) is 0 Å². The van der Waals surface area contributed by atoms with Gasteiger partial charge in [0.25, 0.3) is 0 Å². The monoisotopic (exact) mass is 190 g/mol. The van der Waals surface area contributed by atoms with E-state index >= 15 is 0 Å². The van der Waals surface area contributed by atoms with Crippen LogP contribution in [0.25, 0.3) is 10.8 Å². The summed E-state index contributed by atoms with van der Waals surface area (Å²) in [6.07, 6.45) is 0. The molecular weight excluding hydrogens is 176 g/mol. The third kappa shape index (κ3) is 2.47. The Labute approximate surface area is 83.8 Å². The van der Waals surface area contributed by atoms with Gasteiger partial charge in [-0.05, 0) is 11.5 Å². The fraction of sp³-hybridized carbons (Fsp3) is 0.167. The number of benzene rings is 2. The Balaban J connectivity index is 0.000000293. The molecule has 0 aliphatic carbocycles. The lowest BCUT2D eigenvalue weighted by Crippen LogP contribution is -1.70. The molecule has 0 fully saturated rings. The summed E-state index contributed by atoms with van der Waals surface area (Å²) in [5.74, 6) is 0.350. The molecule has 2 nitrogen and oxygen atoms in total. The van der Waals surface area contributed by atoms with Crippen LogP contribution in [0.3, 0.4) is 0 Å². The number of phenols is 1. The predicted octanol–water partition coefficient (Wildman–Crippen LogP) is 2.81. The molecule has 2 aromatic rings. The zero-order chi connectivity index (χ0) is 10.4. The number of aromatic hydroxyl groups is 1. The van der Waals surface area contributed by atoms with E-state index in [1.807, 2.05) is 36.4 Å². The molecule has 0 spiro atoms. The standard InChI is InChI=1S/C10H8O.C2H6O/c11-10-7-3-5-8-4-1-2-6-9(8)10;1-3-2/h1-7,11H;1-2H3.